The number of aromatic hydroxyl groups is 1. The van der Waals surface area contributed by atoms with Crippen molar-refractivity contribution in [1.82, 2.24) is 4.57 Å². The molecule has 118 valence electrons. The highest BCUT2D eigenvalue weighted by atomic mass is 35.5. The summed E-state index contributed by atoms with van der Waals surface area (Å²) in [6.07, 6.45) is 0. The Bertz CT molecular complexity index is 868. The number of aliphatic hydroxyl groups is 1. The SMILES string of the molecule is Cc1c(C#N)c(O)n(CCO)c(=O)c1N=Nc1cccc(Cl)c1. The number of aliphatic hydroxyl groups excluding tert-OH is 1. The van der Waals surface area contributed by atoms with E-state index in [1.54, 1.807) is 24.3 Å². The highest BCUT2D eigenvalue weighted by Gasteiger charge is 2.18. The minimum atomic E-state index is -0.640. The Hall–Kier alpha value is -2.69. The number of azo groups is 1. The van der Waals surface area contributed by atoms with Gasteiger partial charge in [0.15, 0.2) is 5.69 Å². The molecule has 0 radical (unpaired) electrons. The molecule has 0 bridgehead atoms. The van der Waals surface area contributed by atoms with Gasteiger partial charge in [0, 0.05) is 10.6 Å². The summed E-state index contributed by atoms with van der Waals surface area (Å²) < 4.78 is 0.887. The van der Waals surface area contributed by atoms with Crippen LogP contribution in [0.5, 0.6) is 5.88 Å². The molecule has 0 aliphatic rings. The van der Waals surface area contributed by atoms with Crippen LogP contribution in [0.25, 0.3) is 0 Å². The number of hydrogen-bond donors (Lipinski definition) is 2. The Labute approximate surface area is 136 Å². The molecule has 8 heteroatoms. The Balaban J connectivity index is 2.60. The second-order valence-corrected chi connectivity index (χ2v) is 5.08. The molecule has 0 fully saturated rings. The van der Waals surface area contributed by atoms with Crippen LogP contribution in [0.1, 0.15) is 11.1 Å². The Morgan fingerprint density at radius 1 is 1.39 bits per heavy atom. The van der Waals surface area contributed by atoms with Gasteiger partial charge in [-0.05, 0) is 25.1 Å². The fourth-order valence-corrected chi connectivity index (χ4v) is 2.20. The van der Waals surface area contributed by atoms with Crippen LogP contribution in [-0.2, 0) is 6.54 Å². The van der Waals surface area contributed by atoms with Crippen molar-refractivity contribution in [2.45, 2.75) is 13.5 Å². The third-order valence-electron chi connectivity index (χ3n) is 3.17. The van der Waals surface area contributed by atoms with Crippen LogP contribution in [0, 0.1) is 18.3 Å². The van der Waals surface area contributed by atoms with Gasteiger partial charge >= 0.3 is 0 Å². The van der Waals surface area contributed by atoms with Gasteiger partial charge in [0.2, 0.25) is 5.88 Å². The number of aromatic nitrogens is 1. The summed E-state index contributed by atoms with van der Waals surface area (Å²) in [5, 5.41) is 36.4. The molecule has 0 amide bonds. The zero-order valence-electron chi connectivity index (χ0n) is 12.2. The predicted octanol–water partition coefficient (Wildman–Crippen LogP) is 2.80. The fraction of sp³-hybridized carbons (Fsp3) is 0.200. The number of rotatable bonds is 4. The molecular formula is C15H13ClN4O3. The smallest absolute Gasteiger partial charge is 0.281 e. The Morgan fingerprint density at radius 3 is 2.74 bits per heavy atom. The van der Waals surface area contributed by atoms with Crippen molar-refractivity contribution in [3.63, 3.8) is 0 Å². The van der Waals surface area contributed by atoms with Crippen molar-refractivity contribution in [3.8, 4) is 11.9 Å². The first-order valence-electron chi connectivity index (χ1n) is 6.64. The fourth-order valence-electron chi connectivity index (χ4n) is 2.01. The Morgan fingerprint density at radius 2 is 2.13 bits per heavy atom. The number of nitriles is 1. The standard InChI is InChI=1S/C15H13ClN4O3/c1-9-12(8-17)14(22)20(5-6-21)15(23)13(9)19-18-11-4-2-3-10(16)7-11/h2-4,7,21-22H,5-6H2,1H3. The van der Waals surface area contributed by atoms with E-state index in [4.69, 9.17) is 22.0 Å². The molecule has 7 nitrogen and oxygen atoms in total. The first-order valence-corrected chi connectivity index (χ1v) is 7.02. The molecular weight excluding hydrogens is 320 g/mol. The number of nitrogens with zero attached hydrogens (tertiary/aromatic N) is 4. The van der Waals surface area contributed by atoms with Gasteiger partial charge in [-0.2, -0.15) is 10.4 Å². The summed E-state index contributed by atoms with van der Waals surface area (Å²) in [5.41, 5.74) is -0.142. The van der Waals surface area contributed by atoms with Gasteiger partial charge in [0.1, 0.15) is 11.6 Å². The molecule has 0 unspecified atom stereocenters. The van der Waals surface area contributed by atoms with Gasteiger partial charge in [-0.3, -0.25) is 9.36 Å². The highest BCUT2D eigenvalue weighted by molar-refractivity contribution is 6.30. The molecule has 0 atom stereocenters. The molecule has 2 rings (SSSR count). The van der Waals surface area contributed by atoms with Gasteiger partial charge in [0.25, 0.3) is 5.56 Å². The van der Waals surface area contributed by atoms with Crippen LogP contribution >= 0.6 is 11.6 Å². The average Bonchev–Trinajstić information content (AvgIpc) is 2.52. The summed E-state index contributed by atoms with van der Waals surface area (Å²) in [4.78, 5) is 12.4. The molecule has 0 aliphatic heterocycles. The van der Waals surface area contributed by atoms with Crippen molar-refractivity contribution in [2.24, 2.45) is 10.2 Å². The third-order valence-corrected chi connectivity index (χ3v) is 3.40. The van der Waals surface area contributed by atoms with E-state index in [9.17, 15) is 9.90 Å². The Kier molecular flexibility index (Phi) is 5.11. The zero-order valence-corrected chi connectivity index (χ0v) is 12.9. The highest BCUT2D eigenvalue weighted by Crippen LogP contribution is 2.27. The second-order valence-electron chi connectivity index (χ2n) is 4.64. The minimum Gasteiger partial charge on any atom is -0.493 e. The summed E-state index contributed by atoms with van der Waals surface area (Å²) in [6, 6.07) is 8.41. The van der Waals surface area contributed by atoms with Gasteiger partial charge in [-0.25, -0.2) is 0 Å². The zero-order chi connectivity index (χ0) is 17.0. The number of benzene rings is 1. The maximum Gasteiger partial charge on any atom is 0.281 e. The van der Waals surface area contributed by atoms with Crippen LogP contribution in [0.3, 0.4) is 0 Å². The van der Waals surface area contributed by atoms with Crippen LogP contribution in [0.2, 0.25) is 5.02 Å². The molecule has 2 aromatic rings. The quantitative estimate of drug-likeness (QED) is 0.838. The maximum atomic E-state index is 12.4. The summed E-state index contributed by atoms with van der Waals surface area (Å²) in [6.45, 7) is 0.973. The van der Waals surface area contributed by atoms with E-state index in [1.165, 1.54) is 6.92 Å². The molecule has 0 saturated heterocycles. The normalized spacial score (nSPS) is 10.9. The molecule has 2 N–H and O–H groups in total. The van der Waals surface area contributed by atoms with Crippen LogP contribution in [0.15, 0.2) is 39.3 Å². The van der Waals surface area contributed by atoms with E-state index in [0.717, 1.165) is 4.57 Å². The van der Waals surface area contributed by atoms with Crippen molar-refractivity contribution >= 4 is 23.0 Å². The lowest BCUT2D eigenvalue weighted by atomic mass is 10.1. The van der Waals surface area contributed by atoms with E-state index in [-0.39, 0.29) is 30.0 Å². The lowest BCUT2D eigenvalue weighted by Crippen LogP contribution is -2.23. The largest absolute Gasteiger partial charge is 0.493 e. The molecule has 1 heterocycles. The third kappa shape index (κ3) is 3.39. The predicted molar refractivity (Wildman–Crippen MR) is 84.5 cm³/mol. The van der Waals surface area contributed by atoms with E-state index in [1.807, 2.05) is 6.07 Å². The van der Waals surface area contributed by atoms with E-state index >= 15 is 0 Å². The summed E-state index contributed by atoms with van der Waals surface area (Å²) in [7, 11) is 0. The van der Waals surface area contributed by atoms with Crippen LogP contribution in [-0.4, -0.2) is 21.4 Å². The van der Waals surface area contributed by atoms with E-state index < -0.39 is 11.4 Å². The molecule has 1 aromatic carbocycles. The van der Waals surface area contributed by atoms with E-state index in [2.05, 4.69) is 10.2 Å². The monoisotopic (exact) mass is 332 g/mol. The lowest BCUT2D eigenvalue weighted by molar-refractivity contribution is 0.263. The van der Waals surface area contributed by atoms with E-state index in [0.29, 0.717) is 10.7 Å². The van der Waals surface area contributed by atoms with Gasteiger partial charge in [-0.15, -0.1) is 5.11 Å². The lowest BCUT2D eigenvalue weighted by Gasteiger charge is -2.11. The maximum absolute atomic E-state index is 12.4. The number of hydrogen-bond acceptors (Lipinski definition) is 6. The average molecular weight is 333 g/mol. The van der Waals surface area contributed by atoms with Gasteiger partial charge in [0.05, 0.1) is 18.8 Å². The van der Waals surface area contributed by atoms with Crippen LogP contribution in [0.4, 0.5) is 11.4 Å². The first-order chi connectivity index (χ1) is 11.0. The molecule has 0 spiro atoms. The molecule has 0 aliphatic carbocycles. The number of pyridine rings is 1. The first kappa shape index (κ1) is 16.7. The molecule has 23 heavy (non-hydrogen) atoms. The van der Waals surface area contributed by atoms with Crippen LogP contribution < -0.4 is 5.56 Å². The van der Waals surface area contributed by atoms with Gasteiger partial charge in [-0.1, -0.05) is 17.7 Å². The summed E-state index contributed by atoms with van der Waals surface area (Å²) >= 11 is 5.85. The summed E-state index contributed by atoms with van der Waals surface area (Å²) in [5.74, 6) is -0.495. The van der Waals surface area contributed by atoms with Crippen molar-refractivity contribution in [2.75, 3.05) is 6.61 Å². The molecule has 1 aromatic heterocycles. The van der Waals surface area contributed by atoms with Crippen molar-refractivity contribution in [3.05, 3.63) is 50.8 Å². The van der Waals surface area contributed by atoms with Gasteiger partial charge < -0.3 is 10.2 Å². The van der Waals surface area contributed by atoms with Crippen molar-refractivity contribution < 1.29 is 10.2 Å². The second kappa shape index (κ2) is 7.05. The topological polar surface area (TPSA) is 111 Å². The molecule has 0 saturated carbocycles. The van der Waals surface area contributed by atoms with Crippen molar-refractivity contribution in [1.29, 1.82) is 5.26 Å². The number of halogens is 1. The minimum absolute atomic E-state index is 0.0761.